The molecular weight excluding hydrogens is 395 g/mol. The SMILES string of the molecule is COc1ccc(-c2ncc3c(n2)CCN(C(=O)Nc2ccc(F)c(Cl)c2)C3)cc1. The van der Waals surface area contributed by atoms with Gasteiger partial charge in [-0.1, -0.05) is 11.6 Å². The molecule has 1 aliphatic rings. The smallest absolute Gasteiger partial charge is 0.322 e. The van der Waals surface area contributed by atoms with Crippen LogP contribution in [0.5, 0.6) is 5.75 Å². The quantitative estimate of drug-likeness (QED) is 0.686. The zero-order valence-electron chi connectivity index (χ0n) is 15.7. The van der Waals surface area contributed by atoms with Crippen LogP contribution in [-0.4, -0.2) is 34.6 Å². The van der Waals surface area contributed by atoms with Crippen molar-refractivity contribution in [3.63, 3.8) is 0 Å². The van der Waals surface area contributed by atoms with Gasteiger partial charge in [0.2, 0.25) is 0 Å². The highest BCUT2D eigenvalue weighted by molar-refractivity contribution is 6.31. The Hall–Kier alpha value is -3.19. The van der Waals surface area contributed by atoms with Crippen LogP contribution in [-0.2, 0) is 13.0 Å². The van der Waals surface area contributed by atoms with Gasteiger partial charge in [0, 0.05) is 36.0 Å². The molecule has 2 amide bonds. The van der Waals surface area contributed by atoms with Crippen LogP contribution in [0.4, 0.5) is 14.9 Å². The Kier molecular flexibility index (Phi) is 5.31. The minimum atomic E-state index is -0.527. The standard InChI is InChI=1S/C21H18ClFN4O2/c1-29-16-5-2-13(3-6-16)20-24-11-14-12-27(9-8-19(14)26-20)21(28)25-15-4-7-18(23)17(22)10-15/h2-7,10-11H,8-9,12H2,1H3,(H,25,28). The maximum Gasteiger partial charge on any atom is 0.322 e. The van der Waals surface area contributed by atoms with E-state index in [-0.39, 0.29) is 11.1 Å². The van der Waals surface area contributed by atoms with Crippen molar-refractivity contribution in [3.8, 4) is 17.1 Å². The van der Waals surface area contributed by atoms with E-state index < -0.39 is 5.82 Å². The number of carbonyl (C=O) groups is 1. The Morgan fingerprint density at radius 1 is 1.24 bits per heavy atom. The number of urea groups is 1. The first-order chi connectivity index (χ1) is 14.0. The molecule has 3 aromatic rings. The van der Waals surface area contributed by atoms with Crippen LogP contribution in [0.15, 0.2) is 48.7 Å². The molecule has 0 spiro atoms. The van der Waals surface area contributed by atoms with Gasteiger partial charge in [-0.2, -0.15) is 0 Å². The molecule has 2 heterocycles. The number of nitrogens with one attached hydrogen (secondary N) is 1. The van der Waals surface area contributed by atoms with Crippen LogP contribution in [0.3, 0.4) is 0 Å². The van der Waals surface area contributed by atoms with E-state index >= 15 is 0 Å². The lowest BCUT2D eigenvalue weighted by molar-refractivity contribution is 0.206. The van der Waals surface area contributed by atoms with Crippen molar-refractivity contribution >= 4 is 23.3 Å². The fraction of sp³-hybridized carbons (Fsp3) is 0.190. The molecule has 148 valence electrons. The number of halogens is 2. The van der Waals surface area contributed by atoms with Gasteiger partial charge in [-0.3, -0.25) is 0 Å². The number of carbonyl (C=O) groups excluding carboxylic acids is 1. The average molecular weight is 413 g/mol. The van der Waals surface area contributed by atoms with Gasteiger partial charge in [0.15, 0.2) is 5.82 Å². The zero-order valence-corrected chi connectivity index (χ0v) is 16.4. The van der Waals surface area contributed by atoms with Gasteiger partial charge < -0.3 is 15.0 Å². The number of hydrogen-bond donors (Lipinski definition) is 1. The van der Waals surface area contributed by atoms with Crippen LogP contribution >= 0.6 is 11.6 Å². The second-order valence-electron chi connectivity index (χ2n) is 6.62. The van der Waals surface area contributed by atoms with Crippen molar-refractivity contribution in [1.29, 1.82) is 0 Å². The van der Waals surface area contributed by atoms with E-state index in [0.717, 1.165) is 22.6 Å². The molecule has 8 heteroatoms. The highest BCUT2D eigenvalue weighted by atomic mass is 35.5. The summed E-state index contributed by atoms with van der Waals surface area (Å²) >= 11 is 5.77. The fourth-order valence-electron chi connectivity index (χ4n) is 3.15. The van der Waals surface area contributed by atoms with Gasteiger partial charge in [0.25, 0.3) is 0 Å². The number of nitrogens with zero attached hydrogens (tertiary/aromatic N) is 3. The Morgan fingerprint density at radius 3 is 2.76 bits per heavy atom. The predicted octanol–water partition coefficient (Wildman–Crippen LogP) is 4.53. The summed E-state index contributed by atoms with van der Waals surface area (Å²) in [5, 5.41) is 2.71. The highest BCUT2D eigenvalue weighted by Gasteiger charge is 2.23. The van der Waals surface area contributed by atoms with Crippen LogP contribution < -0.4 is 10.1 Å². The Balaban J connectivity index is 1.46. The van der Waals surface area contributed by atoms with Gasteiger partial charge >= 0.3 is 6.03 Å². The number of methoxy groups -OCH3 is 1. The van der Waals surface area contributed by atoms with E-state index in [2.05, 4.69) is 15.3 Å². The molecule has 1 aromatic heterocycles. The van der Waals surface area contributed by atoms with E-state index in [1.165, 1.54) is 18.2 Å². The molecule has 0 atom stereocenters. The highest BCUT2D eigenvalue weighted by Crippen LogP contribution is 2.24. The van der Waals surface area contributed by atoms with Crippen molar-refractivity contribution < 1.29 is 13.9 Å². The molecule has 1 aliphatic heterocycles. The minimum absolute atomic E-state index is 0.0359. The molecule has 0 bridgehead atoms. The Bertz CT molecular complexity index is 1060. The second kappa shape index (κ2) is 8.05. The zero-order chi connectivity index (χ0) is 20.4. The number of aromatic nitrogens is 2. The van der Waals surface area contributed by atoms with Crippen molar-refractivity contribution in [2.24, 2.45) is 0 Å². The molecule has 2 aromatic carbocycles. The largest absolute Gasteiger partial charge is 0.497 e. The molecule has 0 saturated heterocycles. The topological polar surface area (TPSA) is 67.4 Å². The van der Waals surface area contributed by atoms with E-state index in [0.29, 0.717) is 31.0 Å². The first-order valence-corrected chi connectivity index (χ1v) is 9.41. The average Bonchev–Trinajstić information content (AvgIpc) is 2.75. The summed E-state index contributed by atoms with van der Waals surface area (Å²) in [5.74, 6) is 0.891. The lowest BCUT2D eigenvalue weighted by Crippen LogP contribution is -2.39. The van der Waals surface area contributed by atoms with Gasteiger partial charge in [-0.15, -0.1) is 0 Å². The summed E-state index contributed by atoms with van der Waals surface area (Å²) in [6, 6.07) is 11.4. The van der Waals surface area contributed by atoms with Crippen LogP contribution in [0.25, 0.3) is 11.4 Å². The summed E-state index contributed by atoms with van der Waals surface area (Å²) in [6.45, 7) is 0.922. The molecule has 0 saturated carbocycles. The number of hydrogen-bond acceptors (Lipinski definition) is 4. The normalized spacial score (nSPS) is 13.0. The van der Waals surface area contributed by atoms with Gasteiger partial charge in [-0.05, 0) is 42.5 Å². The number of amides is 2. The third kappa shape index (κ3) is 4.14. The summed E-state index contributed by atoms with van der Waals surface area (Å²) < 4.78 is 18.4. The first-order valence-electron chi connectivity index (χ1n) is 9.03. The number of ether oxygens (including phenoxy) is 1. The van der Waals surface area contributed by atoms with Crippen molar-refractivity contribution in [1.82, 2.24) is 14.9 Å². The van der Waals surface area contributed by atoms with Gasteiger partial charge in [0.1, 0.15) is 11.6 Å². The second-order valence-corrected chi connectivity index (χ2v) is 7.03. The molecule has 29 heavy (non-hydrogen) atoms. The Morgan fingerprint density at radius 2 is 2.03 bits per heavy atom. The minimum Gasteiger partial charge on any atom is -0.497 e. The molecule has 1 N–H and O–H groups in total. The van der Waals surface area contributed by atoms with Crippen LogP contribution in [0.1, 0.15) is 11.3 Å². The molecule has 0 radical (unpaired) electrons. The monoisotopic (exact) mass is 412 g/mol. The summed E-state index contributed by atoms with van der Waals surface area (Å²) in [6.07, 6.45) is 2.38. The van der Waals surface area contributed by atoms with E-state index in [1.807, 2.05) is 24.3 Å². The molecule has 0 aliphatic carbocycles. The summed E-state index contributed by atoms with van der Waals surface area (Å²) in [7, 11) is 1.62. The maximum absolute atomic E-state index is 13.3. The number of rotatable bonds is 3. The number of anilines is 1. The van der Waals surface area contributed by atoms with E-state index in [4.69, 9.17) is 16.3 Å². The Labute approximate surface area is 172 Å². The first kappa shape index (κ1) is 19.1. The van der Waals surface area contributed by atoms with E-state index in [1.54, 1.807) is 18.2 Å². The fourth-order valence-corrected chi connectivity index (χ4v) is 3.33. The lowest BCUT2D eigenvalue weighted by atomic mass is 10.1. The molecule has 0 fully saturated rings. The van der Waals surface area contributed by atoms with Crippen molar-refractivity contribution in [3.05, 3.63) is 70.8 Å². The summed E-state index contributed by atoms with van der Waals surface area (Å²) in [4.78, 5) is 23.3. The summed E-state index contributed by atoms with van der Waals surface area (Å²) in [5.41, 5.74) is 3.18. The van der Waals surface area contributed by atoms with Crippen molar-refractivity contribution in [2.45, 2.75) is 13.0 Å². The molecular formula is C21H18ClFN4O2. The lowest BCUT2D eigenvalue weighted by Gasteiger charge is -2.28. The van der Waals surface area contributed by atoms with Crippen molar-refractivity contribution in [2.75, 3.05) is 19.0 Å². The maximum atomic E-state index is 13.3. The molecule has 0 unspecified atom stereocenters. The van der Waals surface area contributed by atoms with Crippen LogP contribution in [0.2, 0.25) is 5.02 Å². The predicted molar refractivity (Wildman–Crippen MR) is 109 cm³/mol. The molecule has 6 nitrogen and oxygen atoms in total. The number of fused-ring (bicyclic) bond motifs is 1. The molecule has 4 rings (SSSR count). The van der Waals surface area contributed by atoms with Gasteiger partial charge in [0.05, 0.1) is 24.4 Å². The van der Waals surface area contributed by atoms with Crippen LogP contribution in [0, 0.1) is 5.82 Å². The third-order valence-corrected chi connectivity index (χ3v) is 5.03. The van der Waals surface area contributed by atoms with Gasteiger partial charge in [-0.25, -0.2) is 19.2 Å². The van der Waals surface area contributed by atoms with E-state index in [9.17, 15) is 9.18 Å². The third-order valence-electron chi connectivity index (χ3n) is 4.74. The number of benzene rings is 2.